The van der Waals surface area contributed by atoms with Crippen LogP contribution in [0.2, 0.25) is 0 Å². The van der Waals surface area contributed by atoms with Gasteiger partial charge in [-0.2, -0.15) is 0 Å². The molecule has 0 radical (unpaired) electrons. The minimum atomic E-state index is -0.308. The zero-order valence-electron chi connectivity index (χ0n) is 16.6. The number of ether oxygens (including phenoxy) is 1. The fourth-order valence-electron chi connectivity index (χ4n) is 3.64. The molecule has 0 bridgehead atoms. The second kappa shape index (κ2) is 11.2. The lowest BCUT2D eigenvalue weighted by atomic mass is 9.87. The van der Waals surface area contributed by atoms with Gasteiger partial charge in [-0.3, -0.25) is 4.79 Å². The monoisotopic (exact) mass is 360 g/mol. The average molecular weight is 361 g/mol. The van der Waals surface area contributed by atoms with Crippen LogP contribution in [0.5, 0.6) is 5.75 Å². The van der Waals surface area contributed by atoms with Crippen molar-refractivity contribution in [1.29, 1.82) is 0 Å². The molecule has 0 spiro atoms. The number of unbranched alkanes of at least 4 members (excludes halogenated alkanes) is 5. The summed E-state index contributed by atoms with van der Waals surface area (Å²) >= 11 is 0. The van der Waals surface area contributed by atoms with E-state index >= 15 is 0 Å². The largest absolute Gasteiger partial charge is 0.493 e. The number of nitrogens with one attached hydrogen (secondary N) is 1. The van der Waals surface area contributed by atoms with Crippen LogP contribution in [-0.4, -0.2) is 18.6 Å². The summed E-state index contributed by atoms with van der Waals surface area (Å²) in [7, 11) is 0. The molecule has 1 aromatic rings. The lowest BCUT2D eigenvalue weighted by Crippen LogP contribution is -2.38. The molecule has 0 unspecified atom stereocenters. The summed E-state index contributed by atoms with van der Waals surface area (Å²) < 4.78 is 6.14. The highest BCUT2D eigenvalue weighted by molar-refractivity contribution is 5.79. The van der Waals surface area contributed by atoms with E-state index in [-0.39, 0.29) is 11.9 Å². The Morgan fingerprint density at radius 3 is 2.54 bits per heavy atom. The highest BCUT2D eigenvalue weighted by Gasteiger charge is 2.18. The maximum atomic E-state index is 11.2. The van der Waals surface area contributed by atoms with Gasteiger partial charge in [0.2, 0.25) is 5.91 Å². The minimum absolute atomic E-state index is 0.308. The summed E-state index contributed by atoms with van der Waals surface area (Å²) in [5.41, 5.74) is 9.42. The molecule has 0 aliphatic heterocycles. The van der Waals surface area contributed by atoms with Crippen LogP contribution in [0.3, 0.4) is 0 Å². The van der Waals surface area contributed by atoms with E-state index in [0.717, 1.165) is 31.6 Å². The van der Waals surface area contributed by atoms with E-state index in [1.165, 1.54) is 61.6 Å². The van der Waals surface area contributed by atoms with Crippen molar-refractivity contribution in [3.05, 3.63) is 28.8 Å². The van der Waals surface area contributed by atoms with Crippen LogP contribution >= 0.6 is 0 Å². The van der Waals surface area contributed by atoms with Crippen LogP contribution < -0.4 is 15.8 Å². The van der Waals surface area contributed by atoms with Gasteiger partial charge in [0.05, 0.1) is 12.6 Å². The van der Waals surface area contributed by atoms with E-state index in [2.05, 4.69) is 24.4 Å². The molecule has 0 heterocycles. The number of nitrogens with two attached hydrogens (primary N) is 1. The number of primary amides is 1. The smallest absolute Gasteiger partial charge is 0.234 e. The zero-order valence-corrected chi connectivity index (χ0v) is 16.6. The normalized spacial score (nSPS) is 14.7. The van der Waals surface area contributed by atoms with Crippen molar-refractivity contribution in [2.45, 2.75) is 90.6 Å². The van der Waals surface area contributed by atoms with Gasteiger partial charge in [0, 0.05) is 6.54 Å². The molecule has 0 saturated heterocycles. The first-order chi connectivity index (χ1) is 12.6. The molecule has 4 nitrogen and oxygen atoms in total. The van der Waals surface area contributed by atoms with Gasteiger partial charge in [0.1, 0.15) is 5.75 Å². The first-order valence-electron chi connectivity index (χ1n) is 10.4. The van der Waals surface area contributed by atoms with Crippen molar-refractivity contribution in [1.82, 2.24) is 5.32 Å². The third kappa shape index (κ3) is 6.31. The quantitative estimate of drug-likeness (QED) is 0.547. The van der Waals surface area contributed by atoms with Crippen molar-refractivity contribution in [2.24, 2.45) is 5.73 Å². The molecule has 1 aliphatic rings. The topological polar surface area (TPSA) is 64.3 Å². The molecule has 1 aliphatic carbocycles. The molecular weight excluding hydrogens is 324 g/mol. The number of carbonyl (C=O) groups is 1. The Morgan fingerprint density at radius 1 is 1.12 bits per heavy atom. The van der Waals surface area contributed by atoms with E-state index in [4.69, 9.17) is 10.5 Å². The van der Waals surface area contributed by atoms with E-state index in [1.807, 2.05) is 6.92 Å². The summed E-state index contributed by atoms with van der Waals surface area (Å²) in [6.45, 7) is 5.56. The van der Waals surface area contributed by atoms with Crippen molar-refractivity contribution in [3.63, 3.8) is 0 Å². The first kappa shape index (κ1) is 20.8. The Bertz CT molecular complexity index is 572. The minimum Gasteiger partial charge on any atom is -0.493 e. The van der Waals surface area contributed by atoms with Gasteiger partial charge in [0.25, 0.3) is 0 Å². The molecule has 146 valence electrons. The number of carbonyl (C=O) groups excluding carboxylic acids is 1. The number of amides is 1. The molecule has 2 rings (SSSR count). The van der Waals surface area contributed by atoms with Crippen LogP contribution in [0.15, 0.2) is 12.1 Å². The average Bonchev–Trinajstić information content (AvgIpc) is 2.65. The third-order valence-corrected chi connectivity index (χ3v) is 5.37. The van der Waals surface area contributed by atoms with Crippen LogP contribution in [0.4, 0.5) is 0 Å². The van der Waals surface area contributed by atoms with Crippen LogP contribution in [-0.2, 0) is 24.2 Å². The number of fused-ring (bicyclic) bond motifs is 1. The summed E-state index contributed by atoms with van der Waals surface area (Å²) in [6.07, 6.45) is 12.4. The molecule has 3 N–H and O–H groups in total. The van der Waals surface area contributed by atoms with Gasteiger partial charge >= 0.3 is 0 Å². The second-order valence-corrected chi connectivity index (χ2v) is 7.51. The number of hydrogen-bond acceptors (Lipinski definition) is 3. The van der Waals surface area contributed by atoms with Crippen molar-refractivity contribution in [3.8, 4) is 5.75 Å². The molecule has 4 heteroatoms. The maximum absolute atomic E-state index is 11.2. The van der Waals surface area contributed by atoms with Crippen LogP contribution in [0.25, 0.3) is 0 Å². The van der Waals surface area contributed by atoms with E-state index in [9.17, 15) is 4.79 Å². The number of rotatable bonds is 12. The zero-order chi connectivity index (χ0) is 18.8. The van der Waals surface area contributed by atoms with E-state index < -0.39 is 0 Å². The Labute approximate surface area is 158 Å². The highest BCUT2D eigenvalue weighted by atomic mass is 16.5. The second-order valence-electron chi connectivity index (χ2n) is 7.51. The molecule has 0 saturated carbocycles. The summed E-state index contributed by atoms with van der Waals surface area (Å²) in [6, 6.07) is 3.96. The maximum Gasteiger partial charge on any atom is 0.234 e. The molecule has 26 heavy (non-hydrogen) atoms. The molecule has 0 aromatic heterocycles. The van der Waals surface area contributed by atoms with Gasteiger partial charge in [-0.1, -0.05) is 45.1 Å². The fraction of sp³-hybridized carbons (Fsp3) is 0.682. The predicted molar refractivity (Wildman–Crippen MR) is 107 cm³/mol. The molecule has 1 atom stereocenters. The van der Waals surface area contributed by atoms with E-state index in [1.54, 1.807) is 0 Å². The Hall–Kier alpha value is -1.55. The van der Waals surface area contributed by atoms with Gasteiger partial charge in [-0.25, -0.2) is 0 Å². The molecule has 0 fully saturated rings. The fourth-order valence-corrected chi connectivity index (χ4v) is 3.64. The summed E-state index contributed by atoms with van der Waals surface area (Å²) in [5, 5.41) is 3.23. The SMILES string of the molecule is CCCCCCCCOc1ccc(CN[C@@H](C)C(N)=O)c2c1CCCC2. The molecular formula is C22H36N2O2. The molecule has 1 amide bonds. The van der Waals surface area contributed by atoms with Crippen molar-refractivity contribution >= 4 is 5.91 Å². The Morgan fingerprint density at radius 2 is 1.81 bits per heavy atom. The van der Waals surface area contributed by atoms with E-state index in [0.29, 0.717) is 6.54 Å². The Balaban J connectivity index is 1.91. The van der Waals surface area contributed by atoms with Crippen LogP contribution in [0.1, 0.15) is 81.9 Å². The first-order valence-corrected chi connectivity index (χ1v) is 10.4. The lowest BCUT2D eigenvalue weighted by molar-refractivity contribution is -0.119. The van der Waals surface area contributed by atoms with Gasteiger partial charge in [-0.15, -0.1) is 0 Å². The van der Waals surface area contributed by atoms with Crippen LogP contribution in [0, 0.1) is 0 Å². The molecule has 1 aromatic carbocycles. The predicted octanol–water partition coefficient (Wildman–Crippen LogP) is 4.27. The van der Waals surface area contributed by atoms with Crippen molar-refractivity contribution < 1.29 is 9.53 Å². The standard InChI is InChI=1S/C22H36N2O2/c1-3-4-5-6-7-10-15-26-21-14-13-18(16-24-17(2)22(23)25)19-11-8-9-12-20(19)21/h13-14,17,24H,3-12,15-16H2,1-2H3,(H2,23,25)/t17-/m0/s1. The lowest BCUT2D eigenvalue weighted by Gasteiger charge is -2.23. The summed E-state index contributed by atoms with van der Waals surface area (Å²) in [4.78, 5) is 11.2. The highest BCUT2D eigenvalue weighted by Crippen LogP contribution is 2.32. The van der Waals surface area contributed by atoms with Crippen molar-refractivity contribution in [2.75, 3.05) is 6.61 Å². The Kier molecular flexibility index (Phi) is 8.96. The van der Waals surface area contributed by atoms with Gasteiger partial charge in [-0.05, 0) is 61.8 Å². The number of hydrogen-bond donors (Lipinski definition) is 2. The summed E-state index contributed by atoms with van der Waals surface area (Å²) in [5.74, 6) is 0.762. The van der Waals surface area contributed by atoms with Gasteiger partial charge in [0.15, 0.2) is 0 Å². The number of benzene rings is 1. The third-order valence-electron chi connectivity index (χ3n) is 5.37. The van der Waals surface area contributed by atoms with Gasteiger partial charge < -0.3 is 15.8 Å².